The number of fused-ring (bicyclic) bond motifs is 1. The van der Waals surface area contributed by atoms with E-state index < -0.39 is 0 Å². The zero-order valence-corrected chi connectivity index (χ0v) is 12.1. The molecule has 1 aliphatic rings. The Labute approximate surface area is 124 Å². The topological polar surface area (TPSA) is 51.5 Å². The van der Waals surface area contributed by atoms with Gasteiger partial charge in [-0.05, 0) is 36.5 Å². The highest BCUT2D eigenvalue weighted by molar-refractivity contribution is 5.88. The van der Waals surface area contributed by atoms with Gasteiger partial charge < -0.3 is 14.5 Å². The molecule has 1 heterocycles. The van der Waals surface area contributed by atoms with E-state index in [0.717, 1.165) is 18.6 Å². The van der Waals surface area contributed by atoms with E-state index in [4.69, 9.17) is 4.42 Å². The summed E-state index contributed by atoms with van der Waals surface area (Å²) in [5.41, 5.74) is 3.26. The van der Waals surface area contributed by atoms with E-state index in [1.165, 1.54) is 30.9 Å². The summed E-state index contributed by atoms with van der Waals surface area (Å²) in [7, 11) is 1.37. The van der Waals surface area contributed by atoms with Crippen LogP contribution in [0.25, 0.3) is 0 Å². The highest BCUT2D eigenvalue weighted by Crippen LogP contribution is 2.29. The summed E-state index contributed by atoms with van der Waals surface area (Å²) in [5, 5.41) is 3.52. The molecule has 4 heteroatoms. The van der Waals surface area contributed by atoms with E-state index in [0.29, 0.717) is 18.2 Å². The molecule has 0 aliphatic heterocycles. The first kappa shape index (κ1) is 13.9. The van der Waals surface area contributed by atoms with Crippen LogP contribution in [0.1, 0.15) is 46.1 Å². The first-order valence-electron chi connectivity index (χ1n) is 7.25. The monoisotopic (exact) mass is 285 g/mol. The molecule has 0 saturated carbocycles. The van der Waals surface area contributed by atoms with E-state index in [2.05, 4.69) is 34.3 Å². The molecule has 1 aromatic carbocycles. The predicted molar refractivity (Wildman–Crippen MR) is 79.0 cm³/mol. The van der Waals surface area contributed by atoms with Crippen LogP contribution in [0.4, 0.5) is 0 Å². The van der Waals surface area contributed by atoms with Crippen molar-refractivity contribution in [2.45, 2.75) is 31.8 Å². The Hall–Kier alpha value is -2.07. The van der Waals surface area contributed by atoms with Crippen molar-refractivity contribution in [1.82, 2.24) is 5.32 Å². The number of carbonyl (C=O) groups excluding carboxylic acids is 1. The molecule has 0 fully saturated rings. The Balaban J connectivity index is 1.66. The summed E-state index contributed by atoms with van der Waals surface area (Å²) >= 11 is 0. The van der Waals surface area contributed by atoms with Gasteiger partial charge in [0.25, 0.3) is 0 Å². The molecule has 0 radical (unpaired) electrons. The number of hydrogen-bond donors (Lipinski definition) is 1. The first-order chi connectivity index (χ1) is 10.3. The molecule has 0 bridgehead atoms. The molecule has 0 saturated heterocycles. The van der Waals surface area contributed by atoms with E-state index in [1.54, 1.807) is 6.07 Å². The molecule has 0 amide bonds. The van der Waals surface area contributed by atoms with Gasteiger partial charge in [0.1, 0.15) is 12.0 Å². The third kappa shape index (κ3) is 3.00. The average molecular weight is 285 g/mol. The number of ether oxygens (including phenoxy) is 1. The molecule has 1 aromatic heterocycles. The number of esters is 1. The fourth-order valence-electron chi connectivity index (χ4n) is 2.89. The summed E-state index contributed by atoms with van der Waals surface area (Å²) in [6.07, 6.45) is 4.92. The van der Waals surface area contributed by atoms with Gasteiger partial charge in [0.15, 0.2) is 0 Å². The molecule has 3 rings (SSSR count). The lowest BCUT2D eigenvalue weighted by Crippen LogP contribution is -2.24. The number of methoxy groups -OCH3 is 1. The van der Waals surface area contributed by atoms with E-state index in [-0.39, 0.29) is 5.97 Å². The lowest BCUT2D eigenvalue weighted by molar-refractivity contribution is 0.0600. The molecular formula is C17H19NO3. The number of rotatable bonds is 4. The van der Waals surface area contributed by atoms with E-state index >= 15 is 0 Å². The maximum Gasteiger partial charge on any atom is 0.341 e. The molecule has 1 aliphatic carbocycles. The van der Waals surface area contributed by atoms with E-state index in [9.17, 15) is 4.79 Å². The Kier molecular flexibility index (Phi) is 4.06. The standard InChI is InChI=1S/C17H19NO3/c1-20-17(19)13-9-14(21-11-13)10-18-16-8-4-6-12-5-2-3-7-15(12)16/h2-3,5,7,9,11,16,18H,4,6,8,10H2,1H3. The van der Waals surface area contributed by atoms with Crippen LogP contribution in [-0.4, -0.2) is 13.1 Å². The van der Waals surface area contributed by atoms with Crippen molar-refractivity contribution in [3.63, 3.8) is 0 Å². The number of carbonyl (C=O) groups is 1. The molecule has 1 atom stereocenters. The van der Waals surface area contributed by atoms with Gasteiger partial charge in [-0.25, -0.2) is 4.79 Å². The quantitative estimate of drug-likeness (QED) is 0.876. The second-order valence-corrected chi connectivity index (χ2v) is 5.32. The summed E-state index contributed by atoms with van der Waals surface area (Å²) in [5.74, 6) is 0.381. The van der Waals surface area contributed by atoms with Crippen molar-refractivity contribution in [1.29, 1.82) is 0 Å². The molecular weight excluding hydrogens is 266 g/mol. The highest BCUT2D eigenvalue weighted by atomic mass is 16.5. The van der Waals surface area contributed by atoms with Gasteiger partial charge in [-0.15, -0.1) is 0 Å². The lowest BCUT2D eigenvalue weighted by atomic mass is 9.88. The van der Waals surface area contributed by atoms with Crippen LogP contribution < -0.4 is 5.32 Å². The minimum absolute atomic E-state index is 0.349. The maximum absolute atomic E-state index is 11.4. The molecule has 2 aromatic rings. The molecule has 1 unspecified atom stereocenters. The predicted octanol–water partition coefficient (Wildman–Crippen LogP) is 3.23. The summed E-state index contributed by atoms with van der Waals surface area (Å²) in [6.45, 7) is 0.607. The Morgan fingerprint density at radius 2 is 2.29 bits per heavy atom. The first-order valence-corrected chi connectivity index (χ1v) is 7.25. The number of nitrogens with one attached hydrogen (secondary N) is 1. The second-order valence-electron chi connectivity index (χ2n) is 5.32. The smallest absolute Gasteiger partial charge is 0.341 e. The van der Waals surface area contributed by atoms with Crippen molar-refractivity contribution >= 4 is 5.97 Å². The maximum atomic E-state index is 11.4. The van der Waals surface area contributed by atoms with Gasteiger partial charge in [-0.2, -0.15) is 0 Å². The van der Waals surface area contributed by atoms with E-state index in [1.807, 2.05) is 0 Å². The van der Waals surface area contributed by atoms with Crippen LogP contribution >= 0.6 is 0 Å². The number of hydrogen-bond acceptors (Lipinski definition) is 4. The fourth-order valence-corrected chi connectivity index (χ4v) is 2.89. The number of aryl methyl sites for hydroxylation is 1. The fraction of sp³-hybridized carbons (Fsp3) is 0.353. The normalized spacial score (nSPS) is 17.3. The molecule has 0 spiro atoms. The van der Waals surface area contributed by atoms with Crippen molar-refractivity contribution < 1.29 is 13.9 Å². The van der Waals surface area contributed by atoms with Crippen LogP contribution in [0.5, 0.6) is 0 Å². The SMILES string of the molecule is COC(=O)c1coc(CNC2CCCc3ccccc32)c1. The molecule has 1 N–H and O–H groups in total. The third-order valence-corrected chi connectivity index (χ3v) is 3.97. The Bertz CT molecular complexity index is 632. The largest absolute Gasteiger partial charge is 0.467 e. The lowest BCUT2D eigenvalue weighted by Gasteiger charge is -2.26. The van der Waals surface area contributed by atoms with Gasteiger partial charge in [0.05, 0.1) is 19.2 Å². The van der Waals surface area contributed by atoms with Gasteiger partial charge in [-0.1, -0.05) is 24.3 Å². The summed E-state index contributed by atoms with van der Waals surface area (Å²) in [4.78, 5) is 11.4. The Morgan fingerprint density at radius 3 is 3.14 bits per heavy atom. The minimum Gasteiger partial charge on any atom is -0.467 e. The molecule has 21 heavy (non-hydrogen) atoms. The van der Waals surface area contributed by atoms with Crippen LogP contribution in [0.15, 0.2) is 41.0 Å². The second kappa shape index (κ2) is 6.14. The number of furan rings is 1. The molecule has 110 valence electrons. The van der Waals surface area contributed by atoms with Crippen molar-refractivity contribution in [2.24, 2.45) is 0 Å². The zero-order chi connectivity index (χ0) is 14.7. The van der Waals surface area contributed by atoms with Crippen molar-refractivity contribution in [2.75, 3.05) is 7.11 Å². The molecule has 4 nitrogen and oxygen atoms in total. The summed E-state index contributed by atoms with van der Waals surface area (Å²) < 4.78 is 10.1. The zero-order valence-electron chi connectivity index (χ0n) is 12.1. The number of benzene rings is 1. The van der Waals surface area contributed by atoms with Crippen LogP contribution in [0, 0.1) is 0 Å². The summed E-state index contributed by atoms with van der Waals surface area (Å²) in [6, 6.07) is 10.6. The third-order valence-electron chi connectivity index (χ3n) is 3.97. The van der Waals surface area contributed by atoms with Crippen molar-refractivity contribution in [3.8, 4) is 0 Å². The average Bonchev–Trinajstić information content (AvgIpc) is 3.01. The minimum atomic E-state index is -0.368. The van der Waals surface area contributed by atoms with Crippen LogP contribution in [-0.2, 0) is 17.7 Å². The van der Waals surface area contributed by atoms with Gasteiger partial charge >= 0.3 is 5.97 Å². The van der Waals surface area contributed by atoms with Crippen LogP contribution in [0.2, 0.25) is 0 Å². The highest BCUT2D eigenvalue weighted by Gasteiger charge is 2.19. The van der Waals surface area contributed by atoms with Gasteiger partial charge in [0, 0.05) is 6.04 Å². The Morgan fingerprint density at radius 1 is 1.43 bits per heavy atom. The van der Waals surface area contributed by atoms with Gasteiger partial charge in [-0.3, -0.25) is 0 Å². The van der Waals surface area contributed by atoms with Gasteiger partial charge in [0.2, 0.25) is 0 Å². The van der Waals surface area contributed by atoms with Crippen LogP contribution in [0.3, 0.4) is 0 Å². The van der Waals surface area contributed by atoms with Crippen molar-refractivity contribution in [3.05, 3.63) is 59.0 Å².